The molecule has 32 heavy (non-hydrogen) atoms. The van der Waals surface area contributed by atoms with Crippen LogP contribution < -0.4 is 9.29 Å². The lowest BCUT2D eigenvalue weighted by molar-refractivity contribution is -0.577. The van der Waals surface area contributed by atoms with Crippen molar-refractivity contribution in [3.63, 3.8) is 0 Å². The van der Waals surface area contributed by atoms with Gasteiger partial charge in [-0.1, -0.05) is 24.3 Å². The third-order valence-electron chi connectivity index (χ3n) is 4.94. The number of hydrogen-bond acceptors (Lipinski definition) is 6. The summed E-state index contributed by atoms with van der Waals surface area (Å²) < 4.78 is 29.6. The molecule has 0 radical (unpaired) electrons. The smallest absolute Gasteiger partial charge is 0.287 e. The summed E-state index contributed by atoms with van der Waals surface area (Å²) in [6.07, 6.45) is 3.12. The zero-order valence-corrected chi connectivity index (χ0v) is 17.5. The molecule has 0 bridgehead atoms. The summed E-state index contributed by atoms with van der Waals surface area (Å²) in [5.74, 6) is -1.18. The first kappa shape index (κ1) is 21.1. The van der Waals surface area contributed by atoms with Crippen LogP contribution in [0.2, 0.25) is 0 Å². The molecule has 0 fully saturated rings. The number of rotatable bonds is 5. The van der Waals surface area contributed by atoms with Gasteiger partial charge in [0.15, 0.2) is 18.1 Å². The van der Waals surface area contributed by atoms with Crippen molar-refractivity contribution in [2.24, 2.45) is 0 Å². The van der Waals surface area contributed by atoms with E-state index in [1.807, 2.05) is 6.92 Å². The van der Waals surface area contributed by atoms with Gasteiger partial charge in [-0.15, -0.1) is 0 Å². The number of nitro benzene ring substituents is 1. The molecular formula is C22H16N3O6S+. The van der Waals surface area contributed by atoms with E-state index in [1.165, 1.54) is 16.7 Å². The zero-order valence-electron chi connectivity index (χ0n) is 16.7. The monoisotopic (exact) mass is 450 g/mol. The predicted molar refractivity (Wildman–Crippen MR) is 113 cm³/mol. The Bertz CT molecular complexity index is 1410. The van der Waals surface area contributed by atoms with Gasteiger partial charge in [0.1, 0.15) is 0 Å². The lowest BCUT2D eigenvalue weighted by Crippen LogP contribution is -2.44. The molecule has 0 atom stereocenters. The Morgan fingerprint density at radius 1 is 0.875 bits per heavy atom. The molecule has 0 saturated carbocycles. The molecule has 9 nitrogen and oxygen atoms in total. The van der Waals surface area contributed by atoms with Crippen molar-refractivity contribution in [2.45, 2.75) is 11.8 Å². The molecule has 160 valence electrons. The van der Waals surface area contributed by atoms with E-state index >= 15 is 0 Å². The quantitative estimate of drug-likeness (QED) is 0.361. The summed E-state index contributed by atoms with van der Waals surface area (Å²) in [5, 5.41) is 10.8. The highest BCUT2D eigenvalue weighted by Gasteiger charge is 2.40. The van der Waals surface area contributed by atoms with E-state index < -0.39 is 32.2 Å². The van der Waals surface area contributed by atoms with Crippen molar-refractivity contribution in [3.8, 4) is 0 Å². The first-order valence-electron chi connectivity index (χ1n) is 9.37. The van der Waals surface area contributed by atoms with E-state index in [0.717, 1.165) is 29.8 Å². The number of pyridine rings is 1. The van der Waals surface area contributed by atoms with E-state index in [0.29, 0.717) is 0 Å². The van der Waals surface area contributed by atoms with Crippen LogP contribution in [0.4, 0.5) is 5.69 Å². The number of sulfonamides is 1. The Balaban J connectivity index is 1.86. The van der Waals surface area contributed by atoms with E-state index in [1.54, 1.807) is 36.7 Å². The molecule has 3 aromatic rings. The molecule has 0 amide bonds. The zero-order chi connectivity index (χ0) is 23.0. The fraction of sp³-hybridized carbons (Fsp3) is 0.0455. The molecule has 10 heteroatoms. The second-order valence-electron chi connectivity index (χ2n) is 7.07. The van der Waals surface area contributed by atoms with Gasteiger partial charge >= 0.3 is 0 Å². The molecule has 0 spiro atoms. The second-order valence-corrected chi connectivity index (χ2v) is 8.75. The minimum absolute atomic E-state index is 0.0790. The highest BCUT2D eigenvalue weighted by molar-refractivity contribution is 7.89. The summed E-state index contributed by atoms with van der Waals surface area (Å²) in [4.78, 5) is 36.4. The Hall–Kier alpha value is -4.18. The minimum atomic E-state index is -4.33. The number of aryl methyl sites for hydroxylation is 1. The normalized spacial score (nSPS) is 13.7. The van der Waals surface area contributed by atoms with Crippen molar-refractivity contribution in [2.75, 3.05) is 0 Å². The highest BCUT2D eigenvalue weighted by atomic mass is 32.2. The fourth-order valence-electron chi connectivity index (χ4n) is 3.29. The molecule has 0 aliphatic heterocycles. The van der Waals surface area contributed by atoms with Crippen LogP contribution in [0.15, 0.2) is 83.6 Å². The van der Waals surface area contributed by atoms with Crippen LogP contribution in [0.5, 0.6) is 0 Å². The van der Waals surface area contributed by atoms with Crippen molar-refractivity contribution in [3.05, 3.63) is 106 Å². The minimum Gasteiger partial charge on any atom is -0.287 e. The summed E-state index contributed by atoms with van der Waals surface area (Å²) in [5.41, 5.74) is 0.330. The van der Waals surface area contributed by atoms with Crippen LogP contribution in [-0.4, -0.2) is 24.9 Å². The Morgan fingerprint density at radius 2 is 1.44 bits per heavy atom. The number of fused-ring (bicyclic) bond motifs is 1. The maximum Gasteiger partial charge on any atom is 0.287 e. The lowest BCUT2D eigenvalue weighted by atomic mass is 9.90. The molecule has 0 saturated heterocycles. The average molecular weight is 450 g/mol. The third-order valence-corrected chi connectivity index (χ3v) is 6.31. The number of carbonyl (C=O) groups is 2. The van der Waals surface area contributed by atoms with Crippen LogP contribution in [-0.2, 0) is 10.0 Å². The maximum absolute atomic E-state index is 13.3. The van der Waals surface area contributed by atoms with Gasteiger partial charge in [0.05, 0.1) is 9.82 Å². The lowest BCUT2D eigenvalue weighted by Gasteiger charge is -2.18. The van der Waals surface area contributed by atoms with Gasteiger partial charge in [-0.25, -0.2) is 8.42 Å². The standard InChI is InChI=1S/C22H15N3O6S/c1-14-10-12-24(13-11-14)20-19(21(26)17-4-2-3-5-18(17)22(20)27)23-32(30,31)16-8-6-15(7-9-16)25(28)29/h2-13H,1H3/p+1. The van der Waals surface area contributed by atoms with Crippen LogP contribution in [0.1, 0.15) is 26.3 Å². The van der Waals surface area contributed by atoms with Crippen LogP contribution in [0.25, 0.3) is 5.70 Å². The molecule has 2 aromatic carbocycles. The SMILES string of the molecule is Cc1cc[n+](C2=C(NS(=O)(=O)c3ccc([N+](=O)[O-])cc3)C(=O)c3ccccc3C2=O)cc1. The van der Waals surface area contributed by atoms with Crippen molar-refractivity contribution < 1.29 is 27.5 Å². The van der Waals surface area contributed by atoms with Gasteiger partial charge in [0, 0.05) is 35.4 Å². The number of nitrogens with zero attached hydrogens (tertiary/aromatic N) is 2. The second kappa shape index (κ2) is 7.82. The summed E-state index contributed by atoms with van der Waals surface area (Å²) in [6, 6.07) is 13.8. The fourth-order valence-corrected chi connectivity index (χ4v) is 4.36. The summed E-state index contributed by atoms with van der Waals surface area (Å²) >= 11 is 0. The number of non-ortho nitro benzene ring substituents is 1. The van der Waals surface area contributed by atoms with Crippen molar-refractivity contribution in [1.29, 1.82) is 0 Å². The number of aromatic nitrogens is 1. The van der Waals surface area contributed by atoms with Crippen molar-refractivity contribution >= 4 is 33.0 Å². The predicted octanol–water partition coefficient (Wildman–Crippen LogP) is 2.42. The topological polar surface area (TPSA) is 127 Å². The van der Waals surface area contributed by atoms with Gasteiger partial charge in [0.2, 0.25) is 5.78 Å². The Labute approximate surface area is 182 Å². The van der Waals surface area contributed by atoms with Crippen molar-refractivity contribution in [1.82, 2.24) is 4.72 Å². The van der Waals surface area contributed by atoms with Crippen LogP contribution in [0.3, 0.4) is 0 Å². The third kappa shape index (κ3) is 3.67. The summed E-state index contributed by atoms with van der Waals surface area (Å²) in [7, 11) is -4.33. The number of Topliss-reactive ketones (excluding diaryl/α,β-unsaturated/α-hetero) is 2. The van der Waals surface area contributed by atoms with Crippen LogP contribution >= 0.6 is 0 Å². The molecule has 0 unspecified atom stereocenters. The van der Waals surface area contributed by atoms with Gasteiger partial charge in [-0.05, 0) is 24.6 Å². The van der Waals surface area contributed by atoms with E-state index in [2.05, 4.69) is 4.72 Å². The van der Waals surface area contributed by atoms with Gasteiger partial charge in [-0.3, -0.25) is 24.4 Å². The van der Waals surface area contributed by atoms with E-state index in [-0.39, 0.29) is 27.4 Å². The molecule has 4 rings (SSSR count). The maximum atomic E-state index is 13.3. The molecular weight excluding hydrogens is 434 g/mol. The molecule has 1 heterocycles. The number of allylic oxidation sites excluding steroid dienone is 2. The first-order valence-corrected chi connectivity index (χ1v) is 10.9. The number of nitro groups is 1. The first-order chi connectivity index (χ1) is 15.2. The average Bonchev–Trinajstić information content (AvgIpc) is 2.78. The van der Waals surface area contributed by atoms with E-state index in [9.17, 15) is 28.1 Å². The number of nitrogens with one attached hydrogen (secondary N) is 1. The Kier molecular flexibility index (Phi) is 5.15. The van der Waals surface area contributed by atoms with Gasteiger partial charge < -0.3 is 0 Å². The molecule has 1 aliphatic rings. The molecule has 1 N–H and O–H groups in total. The number of carbonyl (C=O) groups excluding carboxylic acids is 2. The number of benzene rings is 2. The molecule has 1 aliphatic carbocycles. The molecule has 1 aromatic heterocycles. The number of ketones is 2. The van der Waals surface area contributed by atoms with Gasteiger partial charge in [-0.2, -0.15) is 4.57 Å². The van der Waals surface area contributed by atoms with E-state index in [4.69, 9.17) is 0 Å². The largest absolute Gasteiger partial charge is 0.287 e. The van der Waals surface area contributed by atoms with Gasteiger partial charge in [0.25, 0.3) is 27.2 Å². The number of hydrogen-bond donors (Lipinski definition) is 1. The van der Waals surface area contributed by atoms with Crippen LogP contribution in [0, 0.1) is 17.0 Å². The highest BCUT2D eigenvalue weighted by Crippen LogP contribution is 2.27. The Morgan fingerprint density at radius 3 is 2.00 bits per heavy atom. The summed E-state index contributed by atoms with van der Waals surface area (Å²) in [6.45, 7) is 1.85.